The Kier molecular flexibility index (Phi) is 3.34. The van der Waals surface area contributed by atoms with Crippen LogP contribution < -0.4 is 5.32 Å². The number of rotatable bonds is 2. The summed E-state index contributed by atoms with van der Waals surface area (Å²) in [4.78, 5) is 19.2. The highest BCUT2D eigenvalue weighted by atomic mass is 16.2. The Morgan fingerprint density at radius 2 is 1.91 bits per heavy atom. The Balaban J connectivity index is 1.62. The van der Waals surface area contributed by atoms with Crippen LogP contribution in [0.4, 0.5) is 0 Å². The number of aromatic nitrogens is 1. The number of amides is 1. The Bertz CT molecular complexity index is 697. The first-order valence-electron chi connectivity index (χ1n) is 8.09. The van der Waals surface area contributed by atoms with Crippen LogP contribution in [0.15, 0.2) is 36.5 Å². The number of fused-ring (bicyclic) bond motifs is 3. The lowest BCUT2D eigenvalue weighted by molar-refractivity contribution is 0.0678. The van der Waals surface area contributed by atoms with Gasteiger partial charge in [-0.3, -0.25) is 9.78 Å². The molecule has 2 aromatic rings. The molecule has 1 aromatic carbocycles. The molecule has 2 aliphatic rings. The summed E-state index contributed by atoms with van der Waals surface area (Å²) in [5, 5.41) is 5.64. The first-order chi connectivity index (χ1) is 10.7. The van der Waals surface area contributed by atoms with Gasteiger partial charge in [-0.15, -0.1) is 0 Å². The van der Waals surface area contributed by atoms with Gasteiger partial charge in [0.2, 0.25) is 0 Å². The van der Waals surface area contributed by atoms with Gasteiger partial charge in [-0.05, 0) is 37.1 Å². The number of carbonyl (C=O) groups is 1. The van der Waals surface area contributed by atoms with Crippen molar-refractivity contribution < 1.29 is 4.79 Å². The lowest BCUT2D eigenvalue weighted by Gasteiger charge is -2.35. The largest absolute Gasteiger partial charge is 0.337 e. The van der Waals surface area contributed by atoms with Crippen LogP contribution in [-0.2, 0) is 0 Å². The lowest BCUT2D eigenvalue weighted by Crippen LogP contribution is -2.48. The zero-order valence-corrected chi connectivity index (χ0v) is 12.8. The van der Waals surface area contributed by atoms with Crippen LogP contribution in [0.1, 0.15) is 36.2 Å². The lowest BCUT2D eigenvalue weighted by atomic mass is 9.98. The Morgan fingerprint density at radius 1 is 1.18 bits per heavy atom. The van der Waals surface area contributed by atoms with Gasteiger partial charge in [0.15, 0.2) is 0 Å². The van der Waals surface area contributed by atoms with Crippen molar-refractivity contribution in [1.29, 1.82) is 0 Å². The van der Waals surface area contributed by atoms with Crippen molar-refractivity contribution >= 4 is 16.7 Å². The maximum Gasteiger partial charge on any atom is 0.273 e. The standard InChI is InChI=1S/C18H21N3O/c1-21(15-10-13-6-7-14(11-15)20-13)18(22)17-16-5-3-2-4-12(16)8-9-19-17/h2-5,8-9,13-15,20H,6-7,10-11H2,1H3. The van der Waals surface area contributed by atoms with E-state index in [2.05, 4.69) is 10.3 Å². The third-order valence-corrected chi connectivity index (χ3v) is 5.19. The molecule has 0 spiro atoms. The number of nitrogens with one attached hydrogen (secondary N) is 1. The average molecular weight is 295 g/mol. The van der Waals surface area contributed by atoms with Crippen molar-refractivity contribution in [3.8, 4) is 0 Å². The molecule has 4 heteroatoms. The van der Waals surface area contributed by atoms with Crippen LogP contribution in [0.2, 0.25) is 0 Å². The number of piperidine rings is 1. The maximum atomic E-state index is 12.9. The van der Waals surface area contributed by atoms with Crippen LogP contribution in [-0.4, -0.2) is 41.0 Å². The molecule has 1 amide bonds. The van der Waals surface area contributed by atoms with Gasteiger partial charge >= 0.3 is 0 Å². The summed E-state index contributed by atoms with van der Waals surface area (Å²) >= 11 is 0. The SMILES string of the molecule is CN(C(=O)c1nccc2ccccc12)C1CC2CCC(C1)N2. The van der Waals surface area contributed by atoms with Crippen LogP contribution in [0.25, 0.3) is 10.8 Å². The van der Waals surface area contributed by atoms with Crippen molar-refractivity contribution in [3.63, 3.8) is 0 Å². The summed E-state index contributed by atoms with van der Waals surface area (Å²) < 4.78 is 0. The normalized spacial score (nSPS) is 27.0. The van der Waals surface area contributed by atoms with Crippen molar-refractivity contribution in [3.05, 3.63) is 42.2 Å². The van der Waals surface area contributed by atoms with E-state index in [1.54, 1.807) is 6.20 Å². The van der Waals surface area contributed by atoms with E-state index in [4.69, 9.17) is 0 Å². The predicted octanol–water partition coefficient (Wildman–Crippen LogP) is 2.59. The summed E-state index contributed by atoms with van der Waals surface area (Å²) in [5.74, 6) is 0.0445. The average Bonchev–Trinajstić information content (AvgIpc) is 2.91. The molecule has 4 rings (SSSR count). The van der Waals surface area contributed by atoms with Crippen molar-refractivity contribution in [2.75, 3.05) is 7.05 Å². The van der Waals surface area contributed by atoms with Gasteiger partial charge in [-0.25, -0.2) is 0 Å². The molecule has 2 atom stereocenters. The molecule has 0 radical (unpaired) electrons. The van der Waals surface area contributed by atoms with Crippen molar-refractivity contribution in [1.82, 2.24) is 15.2 Å². The minimum atomic E-state index is 0.0445. The van der Waals surface area contributed by atoms with Crippen molar-refractivity contribution in [2.24, 2.45) is 0 Å². The van der Waals surface area contributed by atoms with Crippen molar-refractivity contribution in [2.45, 2.75) is 43.8 Å². The molecular formula is C18H21N3O. The van der Waals surface area contributed by atoms with Gasteiger partial charge in [0.1, 0.15) is 5.69 Å². The van der Waals surface area contributed by atoms with Gasteiger partial charge in [0, 0.05) is 36.8 Å². The molecule has 1 N–H and O–H groups in total. The number of carbonyl (C=O) groups excluding carboxylic acids is 1. The number of hydrogen-bond acceptors (Lipinski definition) is 3. The summed E-state index contributed by atoms with van der Waals surface area (Å²) in [7, 11) is 1.93. The van der Waals surface area contributed by atoms with E-state index in [9.17, 15) is 4.79 Å². The Labute approximate surface area is 130 Å². The molecule has 1 aromatic heterocycles. The molecule has 114 valence electrons. The van der Waals surface area contributed by atoms with E-state index in [0.29, 0.717) is 23.8 Å². The molecule has 0 aliphatic carbocycles. The van der Waals surface area contributed by atoms with E-state index in [0.717, 1.165) is 23.6 Å². The fourth-order valence-corrected chi connectivity index (χ4v) is 3.97. The second-order valence-electron chi connectivity index (χ2n) is 6.56. The van der Waals surface area contributed by atoms with Gasteiger partial charge in [-0.2, -0.15) is 0 Å². The van der Waals surface area contributed by atoms with E-state index < -0.39 is 0 Å². The molecule has 2 fully saturated rings. The second kappa shape index (κ2) is 5.36. The molecule has 2 unspecified atom stereocenters. The summed E-state index contributed by atoms with van der Waals surface area (Å²) in [6.45, 7) is 0. The van der Waals surface area contributed by atoms with Crippen LogP contribution >= 0.6 is 0 Å². The number of hydrogen-bond donors (Lipinski definition) is 1. The number of pyridine rings is 1. The minimum absolute atomic E-state index is 0.0445. The molecule has 4 nitrogen and oxygen atoms in total. The molecule has 3 heterocycles. The Morgan fingerprint density at radius 3 is 2.68 bits per heavy atom. The van der Waals surface area contributed by atoms with Gasteiger partial charge in [0.05, 0.1) is 0 Å². The fourth-order valence-electron chi connectivity index (χ4n) is 3.97. The highest BCUT2D eigenvalue weighted by Crippen LogP contribution is 2.30. The summed E-state index contributed by atoms with van der Waals surface area (Å²) in [5.41, 5.74) is 0.575. The first kappa shape index (κ1) is 13.7. The van der Waals surface area contributed by atoms with E-state index in [1.807, 2.05) is 42.3 Å². The third-order valence-electron chi connectivity index (χ3n) is 5.19. The fraction of sp³-hybridized carbons (Fsp3) is 0.444. The van der Waals surface area contributed by atoms with E-state index in [1.165, 1.54) is 12.8 Å². The van der Waals surface area contributed by atoms with Gasteiger partial charge < -0.3 is 10.2 Å². The summed E-state index contributed by atoms with van der Waals surface area (Å²) in [6, 6.07) is 11.4. The highest BCUT2D eigenvalue weighted by Gasteiger charge is 2.36. The summed E-state index contributed by atoms with van der Waals surface area (Å²) in [6.07, 6.45) is 6.34. The number of nitrogens with zero attached hydrogens (tertiary/aromatic N) is 2. The number of benzene rings is 1. The van der Waals surface area contributed by atoms with Crippen LogP contribution in [0, 0.1) is 0 Å². The Hall–Kier alpha value is -1.94. The zero-order valence-electron chi connectivity index (χ0n) is 12.8. The molecule has 22 heavy (non-hydrogen) atoms. The monoisotopic (exact) mass is 295 g/mol. The molecular weight excluding hydrogens is 274 g/mol. The van der Waals surface area contributed by atoms with E-state index >= 15 is 0 Å². The van der Waals surface area contributed by atoms with Crippen LogP contribution in [0.3, 0.4) is 0 Å². The van der Waals surface area contributed by atoms with E-state index in [-0.39, 0.29) is 5.91 Å². The topological polar surface area (TPSA) is 45.2 Å². The predicted molar refractivity (Wildman–Crippen MR) is 86.8 cm³/mol. The molecule has 0 saturated carbocycles. The molecule has 2 saturated heterocycles. The minimum Gasteiger partial charge on any atom is -0.337 e. The smallest absolute Gasteiger partial charge is 0.273 e. The first-order valence-corrected chi connectivity index (χ1v) is 8.09. The van der Waals surface area contributed by atoms with Crippen LogP contribution in [0.5, 0.6) is 0 Å². The zero-order chi connectivity index (χ0) is 15.1. The quantitative estimate of drug-likeness (QED) is 0.926. The molecule has 2 aliphatic heterocycles. The second-order valence-corrected chi connectivity index (χ2v) is 6.56. The highest BCUT2D eigenvalue weighted by molar-refractivity contribution is 6.05. The third kappa shape index (κ3) is 2.28. The van der Waals surface area contributed by atoms with Gasteiger partial charge in [0.25, 0.3) is 5.91 Å². The van der Waals surface area contributed by atoms with Gasteiger partial charge in [-0.1, -0.05) is 24.3 Å². The maximum absolute atomic E-state index is 12.9. The molecule has 2 bridgehead atoms.